The number of ether oxygens (including phenoxy) is 1. The van der Waals surface area contributed by atoms with E-state index in [9.17, 15) is 0 Å². The number of benzene rings is 1. The van der Waals surface area contributed by atoms with Gasteiger partial charge in [-0.1, -0.05) is 11.6 Å². The van der Waals surface area contributed by atoms with Gasteiger partial charge in [-0.05, 0) is 43.7 Å². The van der Waals surface area contributed by atoms with Gasteiger partial charge in [0.05, 0.1) is 5.52 Å². The number of hydrogen-bond donors (Lipinski definition) is 1. The van der Waals surface area contributed by atoms with Gasteiger partial charge in [0.15, 0.2) is 0 Å². The molecule has 1 aliphatic heterocycles. The van der Waals surface area contributed by atoms with E-state index >= 15 is 0 Å². The molecule has 94 valence electrons. The van der Waals surface area contributed by atoms with Gasteiger partial charge >= 0.3 is 0 Å². The van der Waals surface area contributed by atoms with Crippen LogP contribution in [0.25, 0.3) is 10.9 Å². The minimum absolute atomic E-state index is 0.250. The third-order valence-electron chi connectivity index (χ3n) is 3.21. The van der Waals surface area contributed by atoms with E-state index in [1.807, 2.05) is 24.3 Å². The summed E-state index contributed by atoms with van der Waals surface area (Å²) in [5.41, 5.74) is 0.878. The molecule has 0 amide bonds. The lowest BCUT2D eigenvalue weighted by atomic mass is 10.1. The van der Waals surface area contributed by atoms with E-state index in [1.165, 1.54) is 6.42 Å². The van der Waals surface area contributed by atoms with Crippen LogP contribution in [0.15, 0.2) is 30.5 Å². The van der Waals surface area contributed by atoms with Crippen LogP contribution in [-0.2, 0) is 0 Å². The molecule has 2 heterocycles. The van der Waals surface area contributed by atoms with Gasteiger partial charge in [0.25, 0.3) is 0 Å². The molecule has 0 bridgehead atoms. The third-order valence-corrected chi connectivity index (χ3v) is 3.45. The Labute approximate surface area is 111 Å². The summed E-state index contributed by atoms with van der Waals surface area (Å²) in [7, 11) is 0. The average molecular weight is 263 g/mol. The van der Waals surface area contributed by atoms with Gasteiger partial charge in [0.1, 0.15) is 11.9 Å². The molecule has 1 fully saturated rings. The first kappa shape index (κ1) is 11.8. The maximum absolute atomic E-state index is 6.06. The zero-order chi connectivity index (χ0) is 12.4. The van der Waals surface area contributed by atoms with Crippen LogP contribution in [0.1, 0.15) is 12.8 Å². The van der Waals surface area contributed by atoms with Crippen LogP contribution in [-0.4, -0.2) is 24.2 Å². The predicted octanol–water partition coefficient (Wildman–Crippen LogP) is 3.02. The van der Waals surface area contributed by atoms with Crippen LogP contribution in [0.3, 0.4) is 0 Å². The second-order valence-electron chi connectivity index (χ2n) is 4.56. The summed E-state index contributed by atoms with van der Waals surface area (Å²) in [4.78, 5) is 4.32. The lowest BCUT2D eigenvalue weighted by Crippen LogP contribution is -2.37. The summed E-state index contributed by atoms with van der Waals surface area (Å²) >= 11 is 5.97. The quantitative estimate of drug-likeness (QED) is 0.903. The summed E-state index contributed by atoms with van der Waals surface area (Å²) in [6, 6.07) is 7.63. The SMILES string of the molecule is Clc1ccc2c(OC3CCCNC3)ccnc2c1. The summed E-state index contributed by atoms with van der Waals surface area (Å²) in [6.45, 7) is 2.00. The zero-order valence-electron chi connectivity index (χ0n) is 10.0. The zero-order valence-corrected chi connectivity index (χ0v) is 10.8. The van der Waals surface area contributed by atoms with Gasteiger partial charge in [0, 0.05) is 23.2 Å². The Kier molecular flexibility index (Phi) is 3.35. The van der Waals surface area contributed by atoms with Crippen LogP contribution in [0, 0.1) is 0 Å². The second-order valence-corrected chi connectivity index (χ2v) is 4.99. The van der Waals surface area contributed by atoms with Crippen molar-refractivity contribution in [2.45, 2.75) is 18.9 Å². The van der Waals surface area contributed by atoms with Gasteiger partial charge in [-0.25, -0.2) is 0 Å². The molecule has 1 aliphatic rings. The van der Waals surface area contributed by atoms with Crippen molar-refractivity contribution in [1.82, 2.24) is 10.3 Å². The smallest absolute Gasteiger partial charge is 0.130 e. The summed E-state index contributed by atoms with van der Waals surface area (Å²) in [5.74, 6) is 0.894. The van der Waals surface area contributed by atoms with Gasteiger partial charge in [-0.15, -0.1) is 0 Å². The monoisotopic (exact) mass is 262 g/mol. The number of nitrogens with zero attached hydrogens (tertiary/aromatic N) is 1. The van der Waals surface area contributed by atoms with Crippen molar-refractivity contribution in [3.05, 3.63) is 35.5 Å². The average Bonchev–Trinajstić information content (AvgIpc) is 2.40. The lowest BCUT2D eigenvalue weighted by molar-refractivity contribution is 0.169. The highest BCUT2D eigenvalue weighted by Gasteiger charge is 2.15. The van der Waals surface area contributed by atoms with E-state index in [0.717, 1.165) is 36.2 Å². The number of fused-ring (bicyclic) bond motifs is 1. The Bertz CT molecular complexity index is 552. The highest BCUT2D eigenvalue weighted by atomic mass is 35.5. The summed E-state index contributed by atoms with van der Waals surface area (Å²) in [5, 5.41) is 5.07. The van der Waals surface area contributed by atoms with E-state index in [0.29, 0.717) is 5.02 Å². The van der Waals surface area contributed by atoms with E-state index in [4.69, 9.17) is 16.3 Å². The molecule has 18 heavy (non-hydrogen) atoms. The topological polar surface area (TPSA) is 34.1 Å². The fraction of sp³-hybridized carbons (Fsp3) is 0.357. The first-order chi connectivity index (χ1) is 8.83. The molecule has 3 rings (SSSR count). The van der Waals surface area contributed by atoms with Crippen molar-refractivity contribution in [3.8, 4) is 5.75 Å². The molecule has 1 aromatic heterocycles. The van der Waals surface area contributed by atoms with Crippen molar-refractivity contribution < 1.29 is 4.74 Å². The Morgan fingerprint density at radius 1 is 1.33 bits per heavy atom. The molecule has 1 N–H and O–H groups in total. The third kappa shape index (κ3) is 2.42. The summed E-state index contributed by atoms with van der Waals surface area (Å²) < 4.78 is 6.06. The minimum Gasteiger partial charge on any atom is -0.488 e. The van der Waals surface area contributed by atoms with Crippen molar-refractivity contribution in [2.24, 2.45) is 0 Å². The first-order valence-electron chi connectivity index (χ1n) is 6.24. The molecule has 1 saturated heterocycles. The number of nitrogens with one attached hydrogen (secondary N) is 1. The van der Waals surface area contributed by atoms with Crippen molar-refractivity contribution >= 4 is 22.5 Å². The molecular weight excluding hydrogens is 248 g/mol. The van der Waals surface area contributed by atoms with Crippen LogP contribution >= 0.6 is 11.6 Å². The number of rotatable bonds is 2. The Morgan fingerprint density at radius 2 is 2.28 bits per heavy atom. The normalized spacial score (nSPS) is 19.9. The second kappa shape index (κ2) is 5.12. The number of aromatic nitrogens is 1. The number of pyridine rings is 1. The van der Waals surface area contributed by atoms with Crippen molar-refractivity contribution in [3.63, 3.8) is 0 Å². The minimum atomic E-state index is 0.250. The number of piperidine rings is 1. The highest BCUT2D eigenvalue weighted by Crippen LogP contribution is 2.27. The fourth-order valence-corrected chi connectivity index (χ4v) is 2.46. The standard InChI is InChI=1S/C14H15ClN2O/c15-10-3-4-12-13(8-10)17-7-5-14(12)18-11-2-1-6-16-9-11/h3-5,7-8,11,16H,1-2,6,9H2. The molecule has 1 atom stereocenters. The summed E-state index contributed by atoms with van der Waals surface area (Å²) in [6.07, 6.45) is 4.29. The Hall–Kier alpha value is -1.32. The largest absolute Gasteiger partial charge is 0.488 e. The molecule has 1 aromatic carbocycles. The molecular formula is C14H15ClN2O. The predicted molar refractivity (Wildman–Crippen MR) is 73.3 cm³/mol. The van der Waals surface area contributed by atoms with Gasteiger partial charge in [0.2, 0.25) is 0 Å². The molecule has 0 spiro atoms. The molecule has 4 heteroatoms. The number of hydrogen-bond acceptors (Lipinski definition) is 3. The van der Waals surface area contributed by atoms with Crippen LogP contribution in [0.2, 0.25) is 5.02 Å². The lowest BCUT2D eigenvalue weighted by Gasteiger charge is -2.24. The molecule has 0 saturated carbocycles. The van der Waals surface area contributed by atoms with E-state index < -0.39 is 0 Å². The van der Waals surface area contributed by atoms with Crippen LogP contribution in [0.4, 0.5) is 0 Å². The maximum atomic E-state index is 6.06. The van der Waals surface area contributed by atoms with E-state index in [2.05, 4.69) is 10.3 Å². The molecule has 3 nitrogen and oxygen atoms in total. The molecule has 0 radical (unpaired) electrons. The van der Waals surface area contributed by atoms with Gasteiger partial charge < -0.3 is 10.1 Å². The first-order valence-corrected chi connectivity index (χ1v) is 6.62. The van der Waals surface area contributed by atoms with Crippen molar-refractivity contribution in [2.75, 3.05) is 13.1 Å². The molecule has 0 aliphatic carbocycles. The number of halogens is 1. The maximum Gasteiger partial charge on any atom is 0.130 e. The highest BCUT2D eigenvalue weighted by molar-refractivity contribution is 6.31. The Morgan fingerprint density at radius 3 is 3.11 bits per heavy atom. The van der Waals surface area contributed by atoms with Gasteiger partial charge in [-0.3, -0.25) is 4.98 Å². The van der Waals surface area contributed by atoms with E-state index in [-0.39, 0.29) is 6.10 Å². The van der Waals surface area contributed by atoms with E-state index in [1.54, 1.807) is 6.20 Å². The van der Waals surface area contributed by atoms with Crippen LogP contribution in [0.5, 0.6) is 5.75 Å². The van der Waals surface area contributed by atoms with Crippen molar-refractivity contribution in [1.29, 1.82) is 0 Å². The fourth-order valence-electron chi connectivity index (χ4n) is 2.30. The molecule has 1 unspecified atom stereocenters. The Balaban J connectivity index is 1.91. The molecule has 2 aromatic rings. The van der Waals surface area contributed by atoms with Crippen LogP contribution < -0.4 is 10.1 Å². The van der Waals surface area contributed by atoms with Gasteiger partial charge in [-0.2, -0.15) is 0 Å².